The Labute approximate surface area is 139 Å². The first-order chi connectivity index (χ1) is 9.20. The van der Waals surface area contributed by atoms with Crippen LogP contribution in [0.1, 0.15) is 25.7 Å². The molecule has 1 heterocycles. The summed E-state index contributed by atoms with van der Waals surface area (Å²) in [5.41, 5.74) is 6.02. The summed E-state index contributed by atoms with van der Waals surface area (Å²) in [7, 11) is 3.82. The average Bonchev–Trinajstić information content (AvgIpc) is 3.27. The smallest absolute Gasteiger partial charge is 0.191 e. The number of guanidine groups is 1. The van der Waals surface area contributed by atoms with Crippen LogP contribution in [-0.2, 0) is 4.74 Å². The second-order valence-corrected chi connectivity index (χ2v) is 5.82. The number of hydrogen-bond donors (Lipinski definition) is 1. The molecular weight excluding hydrogens is 367 g/mol. The standard InChI is InChI=1S/C14H28N4O.HI/c1-17(13-3-4-13)14(15)16-11-12-5-7-18(8-6-12)9-10-19-2;/h12-13H,3-11H2,1-2H3,(H2,15,16);1H. The van der Waals surface area contributed by atoms with E-state index in [0.717, 1.165) is 25.7 Å². The van der Waals surface area contributed by atoms with E-state index in [2.05, 4.69) is 21.8 Å². The van der Waals surface area contributed by atoms with Crippen LogP contribution >= 0.6 is 24.0 Å². The van der Waals surface area contributed by atoms with Crippen molar-refractivity contribution in [2.45, 2.75) is 31.7 Å². The number of halogens is 1. The van der Waals surface area contributed by atoms with Crippen molar-refractivity contribution in [2.75, 3.05) is 46.9 Å². The summed E-state index contributed by atoms with van der Waals surface area (Å²) in [6.07, 6.45) is 5.00. The monoisotopic (exact) mass is 396 g/mol. The molecule has 1 saturated heterocycles. The predicted molar refractivity (Wildman–Crippen MR) is 93.7 cm³/mol. The van der Waals surface area contributed by atoms with Crippen molar-refractivity contribution in [2.24, 2.45) is 16.6 Å². The number of ether oxygens (including phenoxy) is 1. The molecule has 1 saturated carbocycles. The number of nitrogens with zero attached hydrogens (tertiary/aromatic N) is 3. The molecule has 1 aliphatic carbocycles. The van der Waals surface area contributed by atoms with Gasteiger partial charge in [0.1, 0.15) is 0 Å². The first-order valence-electron chi connectivity index (χ1n) is 7.44. The Morgan fingerprint density at radius 1 is 1.30 bits per heavy atom. The molecule has 2 aliphatic rings. The Hall–Kier alpha value is -0.0800. The summed E-state index contributed by atoms with van der Waals surface area (Å²) in [5, 5.41) is 0. The number of rotatable bonds is 6. The maximum absolute atomic E-state index is 6.02. The van der Waals surface area contributed by atoms with E-state index >= 15 is 0 Å². The van der Waals surface area contributed by atoms with Crippen LogP contribution in [0.5, 0.6) is 0 Å². The molecule has 20 heavy (non-hydrogen) atoms. The molecule has 2 rings (SSSR count). The van der Waals surface area contributed by atoms with E-state index in [9.17, 15) is 0 Å². The van der Waals surface area contributed by atoms with Gasteiger partial charge in [-0.1, -0.05) is 0 Å². The Balaban J connectivity index is 0.00000200. The Morgan fingerprint density at radius 3 is 2.50 bits per heavy atom. The first kappa shape index (κ1) is 18.0. The zero-order chi connectivity index (χ0) is 13.7. The second kappa shape index (κ2) is 9.04. The SMILES string of the molecule is COCCN1CCC(CN=C(N)N(C)C2CC2)CC1.I. The van der Waals surface area contributed by atoms with E-state index in [1.807, 2.05) is 0 Å². The molecule has 0 aromatic carbocycles. The topological polar surface area (TPSA) is 54.1 Å². The lowest BCUT2D eigenvalue weighted by Crippen LogP contribution is -2.38. The molecule has 0 spiro atoms. The number of nitrogens with two attached hydrogens (primary N) is 1. The van der Waals surface area contributed by atoms with Gasteiger partial charge in [0.25, 0.3) is 0 Å². The van der Waals surface area contributed by atoms with E-state index in [4.69, 9.17) is 10.5 Å². The van der Waals surface area contributed by atoms with Gasteiger partial charge in [-0.25, -0.2) is 0 Å². The van der Waals surface area contributed by atoms with Crippen LogP contribution in [0.15, 0.2) is 4.99 Å². The van der Waals surface area contributed by atoms with E-state index in [0.29, 0.717) is 12.0 Å². The molecule has 0 aromatic heterocycles. The van der Waals surface area contributed by atoms with Crippen LogP contribution in [0.3, 0.4) is 0 Å². The molecular formula is C14H29IN4O. The molecule has 0 radical (unpaired) electrons. The van der Waals surface area contributed by atoms with Gasteiger partial charge >= 0.3 is 0 Å². The molecule has 0 amide bonds. The van der Waals surface area contributed by atoms with Gasteiger partial charge in [0.2, 0.25) is 0 Å². The van der Waals surface area contributed by atoms with Crippen LogP contribution in [0.2, 0.25) is 0 Å². The van der Waals surface area contributed by atoms with Gasteiger partial charge in [-0.05, 0) is 44.7 Å². The molecule has 0 unspecified atom stereocenters. The molecule has 0 aromatic rings. The van der Waals surface area contributed by atoms with Gasteiger partial charge in [-0.3, -0.25) is 4.99 Å². The van der Waals surface area contributed by atoms with Crippen molar-refractivity contribution in [1.82, 2.24) is 9.80 Å². The lowest BCUT2D eigenvalue weighted by atomic mass is 9.97. The fraction of sp³-hybridized carbons (Fsp3) is 0.929. The van der Waals surface area contributed by atoms with Gasteiger partial charge in [-0.15, -0.1) is 24.0 Å². The number of piperidine rings is 1. The Bertz CT molecular complexity index is 302. The Kier molecular flexibility index (Phi) is 8.13. The van der Waals surface area contributed by atoms with Crippen molar-refractivity contribution < 1.29 is 4.74 Å². The third kappa shape index (κ3) is 5.73. The van der Waals surface area contributed by atoms with Gasteiger partial charge in [0, 0.05) is 33.3 Å². The highest BCUT2D eigenvalue weighted by molar-refractivity contribution is 14.0. The molecule has 2 N–H and O–H groups in total. The molecule has 0 atom stereocenters. The fourth-order valence-corrected chi connectivity index (χ4v) is 2.60. The quantitative estimate of drug-likeness (QED) is 0.419. The van der Waals surface area contributed by atoms with Crippen molar-refractivity contribution in [3.05, 3.63) is 0 Å². The minimum Gasteiger partial charge on any atom is -0.383 e. The lowest BCUT2D eigenvalue weighted by molar-refractivity contribution is 0.121. The van der Waals surface area contributed by atoms with Crippen LogP contribution in [0, 0.1) is 5.92 Å². The summed E-state index contributed by atoms with van der Waals surface area (Å²) in [6.45, 7) is 5.12. The third-order valence-electron chi connectivity index (χ3n) is 4.29. The molecule has 5 nitrogen and oxygen atoms in total. The van der Waals surface area contributed by atoms with Crippen LogP contribution in [0.25, 0.3) is 0 Å². The van der Waals surface area contributed by atoms with Crippen molar-refractivity contribution in [3.63, 3.8) is 0 Å². The minimum atomic E-state index is 0. The van der Waals surface area contributed by atoms with Crippen molar-refractivity contribution in [3.8, 4) is 0 Å². The third-order valence-corrected chi connectivity index (χ3v) is 4.29. The van der Waals surface area contributed by atoms with E-state index in [1.165, 1.54) is 38.8 Å². The van der Waals surface area contributed by atoms with Crippen LogP contribution in [0.4, 0.5) is 0 Å². The highest BCUT2D eigenvalue weighted by atomic mass is 127. The van der Waals surface area contributed by atoms with Crippen LogP contribution in [-0.4, -0.2) is 68.7 Å². The van der Waals surface area contributed by atoms with Gasteiger partial charge in [0.15, 0.2) is 5.96 Å². The van der Waals surface area contributed by atoms with Crippen molar-refractivity contribution >= 4 is 29.9 Å². The highest BCUT2D eigenvalue weighted by Gasteiger charge is 2.27. The first-order valence-corrected chi connectivity index (χ1v) is 7.44. The van der Waals surface area contributed by atoms with E-state index in [1.54, 1.807) is 7.11 Å². The molecule has 2 fully saturated rings. The van der Waals surface area contributed by atoms with Crippen LogP contribution < -0.4 is 5.73 Å². The summed E-state index contributed by atoms with van der Waals surface area (Å²) >= 11 is 0. The number of methoxy groups -OCH3 is 1. The fourth-order valence-electron chi connectivity index (χ4n) is 2.60. The van der Waals surface area contributed by atoms with E-state index in [-0.39, 0.29) is 24.0 Å². The van der Waals surface area contributed by atoms with Gasteiger partial charge < -0.3 is 20.3 Å². The predicted octanol–water partition coefficient (Wildman–Crippen LogP) is 1.37. The summed E-state index contributed by atoms with van der Waals surface area (Å²) in [6, 6.07) is 0.652. The molecule has 6 heteroatoms. The molecule has 118 valence electrons. The largest absolute Gasteiger partial charge is 0.383 e. The van der Waals surface area contributed by atoms with Crippen molar-refractivity contribution in [1.29, 1.82) is 0 Å². The normalized spacial score (nSPS) is 21.6. The number of likely N-dealkylation sites (tertiary alicyclic amines) is 1. The molecule has 1 aliphatic heterocycles. The summed E-state index contributed by atoms with van der Waals surface area (Å²) < 4.78 is 5.12. The van der Waals surface area contributed by atoms with Gasteiger partial charge in [0.05, 0.1) is 6.61 Å². The number of aliphatic imine (C=N–C) groups is 1. The average molecular weight is 396 g/mol. The molecule has 0 bridgehead atoms. The second-order valence-electron chi connectivity index (χ2n) is 5.82. The highest BCUT2D eigenvalue weighted by Crippen LogP contribution is 2.25. The minimum absolute atomic E-state index is 0. The summed E-state index contributed by atoms with van der Waals surface area (Å²) in [4.78, 5) is 9.18. The number of hydrogen-bond acceptors (Lipinski definition) is 3. The maximum Gasteiger partial charge on any atom is 0.191 e. The zero-order valence-corrected chi connectivity index (χ0v) is 15.1. The van der Waals surface area contributed by atoms with Gasteiger partial charge in [-0.2, -0.15) is 0 Å². The lowest BCUT2D eigenvalue weighted by Gasteiger charge is -2.31. The maximum atomic E-state index is 6.02. The van der Waals surface area contributed by atoms with E-state index < -0.39 is 0 Å². The summed E-state index contributed by atoms with van der Waals surface area (Å²) in [5.74, 6) is 1.43. The zero-order valence-electron chi connectivity index (χ0n) is 12.8. The Morgan fingerprint density at radius 2 is 1.95 bits per heavy atom.